The number of aliphatic hydroxyl groups is 1. The molecule has 3 saturated carbocycles. The van der Waals surface area contributed by atoms with E-state index >= 15 is 0 Å². The van der Waals surface area contributed by atoms with Gasteiger partial charge < -0.3 is 5.11 Å². The van der Waals surface area contributed by atoms with Gasteiger partial charge in [-0.1, -0.05) is 58.6 Å². The van der Waals surface area contributed by atoms with Crippen molar-refractivity contribution in [1.82, 2.24) is 0 Å². The molecule has 0 heterocycles. The molecule has 0 spiro atoms. The summed E-state index contributed by atoms with van der Waals surface area (Å²) in [5, 5.41) is 9.32. The minimum absolute atomic E-state index is 0.356. The van der Waals surface area contributed by atoms with E-state index < -0.39 is 0 Å². The van der Waals surface area contributed by atoms with E-state index in [-0.39, 0.29) is 0 Å². The maximum atomic E-state index is 9.32. The number of allylic oxidation sites excluding steroid dienone is 2. The van der Waals surface area contributed by atoms with Crippen molar-refractivity contribution in [3.05, 3.63) is 11.6 Å². The van der Waals surface area contributed by atoms with Crippen LogP contribution in [0, 0.1) is 46.3 Å². The summed E-state index contributed by atoms with van der Waals surface area (Å²) in [5.74, 6) is 5.20. The van der Waals surface area contributed by atoms with Crippen molar-refractivity contribution in [2.45, 2.75) is 105 Å². The van der Waals surface area contributed by atoms with Crippen LogP contribution in [-0.4, -0.2) is 11.7 Å². The molecule has 4 aliphatic carbocycles. The second-order valence-electron chi connectivity index (χ2n) is 11.9. The first-order valence-electron chi connectivity index (χ1n) is 12.7. The maximum Gasteiger partial charge on any atom is 0.0456 e. The number of aliphatic hydroxyl groups excluding tert-OH is 1. The van der Waals surface area contributed by atoms with Crippen LogP contribution in [-0.2, 0) is 0 Å². The number of fused-ring (bicyclic) bond motifs is 5. The van der Waals surface area contributed by atoms with Crippen molar-refractivity contribution < 1.29 is 5.11 Å². The van der Waals surface area contributed by atoms with Gasteiger partial charge in [0.2, 0.25) is 0 Å². The summed E-state index contributed by atoms with van der Waals surface area (Å²) >= 11 is 0. The van der Waals surface area contributed by atoms with Gasteiger partial charge in [0.1, 0.15) is 0 Å². The van der Waals surface area contributed by atoms with Gasteiger partial charge >= 0.3 is 0 Å². The standard InChI is InChI=1S/C27H46O/c1-19(18-28)8-7-9-20(2)23-13-14-24-22-12-11-21-10-5-6-16-26(21,3)25(22)15-17-27(23,24)4/h11,19-20,22-25,28H,5-10,12-18H2,1-4H3/t19?,20?,22-,23+,24-,25-,26-,27+/m0/s1. The molecule has 28 heavy (non-hydrogen) atoms. The molecule has 0 aliphatic heterocycles. The predicted molar refractivity (Wildman–Crippen MR) is 119 cm³/mol. The number of hydrogen-bond donors (Lipinski definition) is 1. The van der Waals surface area contributed by atoms with Gasteiger partial charge in [0.05, 0.1) is 0 Å². The number of hydrogen-bond acceptors (Lipinski definition) is 1. The van der Waals surface area contributed by atoms with Crippen LogP contribution in [0.4, 0.5) is 0 Å². The highest BCUT2D eigenvalue weighted by atomic mass is 16.3. The first-order chi connectivity index (χ1) is 13.4. The van der Waals surface area contributed by atoms with Gasteiger partial charge in [-0.25, -0.2) is 0 Å². The van der Waals surface area contributed by atoms with Gasteiger partial charge in [0, 0.05) is 6.61 Å². The Morgan fingerprint density at radius 3 is 2.64 bits per heavy atom. The molecule has 0 bridgehead atoms. The first kappa shape index (κ1) is 21.0. The zero-order chi connectivity index (χ0) is 19.9. The summed E-state index contributed by atoms with van der Waals surface area (Å²) in [4.78, 5) is 0. The lowest BCUT2D eigenvalue weighted by atomic mass is 9.47. The van der Waals surface area contributed by atoms with Crippen molar-refractivity contribution in [3.63, 3.8) is 0 Å². The van der Waals surface area contributed by atoms with Crippen molar-refractivity contribution in [3.8, 4) is 0 Å². The lowest BCUT2D eigenvalue weighted by Crippen LogP contribution is -2.50. The molecule has 0 aromatic carbocycles. The monoisotopic (exact) mass is 386 g/mol. The summed E-state index contributed by atoms with van der Waals surface area (Å²) in [5.41, 5.74) is 3.00. The highest BCUT2D eigenvalue weighted by Crippen LogP contribution is 2.67. The zero-order valence-electron chi connectivity index (χ0n) is 19.2. The third-order valence-electron chi connectivity index (χ3n) is 10.4. The predicted octanol–water partition coefficient (Wildman–Crippen LogP) is 7.39. The Labute approximate surface area is 174 Å². The molecule has 0 aromatic heterocycles. The van der Waals surface area contributed by atoms with Gasteiger partial charge in [0.15, 0.2) is 0 Å². The highest BCUT2D eigenvalue weighted by molar-refractivity contribution is 5.24. The van der Waals surface area contributed by atoms with Crippen LogP contribution < -0.4 is 0 Å². The molecule has 0 radical (unpaired) electrons. The van der Waals surface area contributed by atoms with Crippen LogP contribution in [0.1, 0.15) is 105 Å². The van der Waals surface area contributed by atoms with Crippen molar-refractivity contribution in [2.75, 3.05) is 6.61 Å². The van der Waals surface area contributed by atoms with Gasteiger partial charge in [-0.15, -0.1) is 0 Å². The van der Waals surface area contributed by atoms with Crippen LogP contribution in [0.15, 0.2) is 11.6 Å². The first-order valence-corrected chi connectivity index (χ1v) is 12.7. The second-order valence-corrected chi connectivity index (χ2v) is 11.9. The molecule has 2 unspecified atom stereocenters. The Bertz CT molecular complexity index is 579. The van der Waals surface area contributed by atoms with Crippen molar-refractivity contribution in [1.29, 1.82) is 0 Å². The minimum atomic E-state index is 0.356. The van der Waals surface area contributed by atoms with E-state index in [4.69, 9.17) is 0 Å². The SMILES string of the molecule is CC(CO)CCCC(C)[C@H]1CC[C@H]2[C@@H]3CC=C4CCCC[C@]4(C)[C@H]3CC[C@]12C. The van der Waals surface area contributed by atoms with Crippen LogP contribution in [0.5, 0.6) is 0 Å². The van der Waals surface area contributed by atoms with Crippen molar-refractivity contribution in [2.24, 2.45) is 46.3 Å². The molecule has 1 N–H and O–H groups in total. The average molecular weight is 387 g/mol. The summed E-state index contributed by atoms with van der Waals surface area (Å²) in [6.07, 6.45) is 19.7. The summed E-state index contributed by atoms with van der Waals surface area (Å²) < 4.78 is 0. The Hall–Kier alpha value is -0.300. The van der Waals surface area contributed by atoms with Crippen LogP contribution in [0.25, 0.3) is 0 Å². The Kier molecular flexibility index (Phi) is 6.05. The number of rotatable bonds is 6. The fourth-order valence-electron chi connectivity index (χ4n) is 8.75. The molecule has 4 aliphatic rings. The minimum Gasteiger partial charge on any atom is -0.396 e. The molecule has 1 nitrogen and oxygen atoms in total. The van der Waals surface area contributed by atoms with E-state index in [9.17, 15) is 5.11 Å². The van der Waals surface area contributed by atoms with Crippen molar-refractivity contribution >= 4 is 0 Å². The third kappa shape index (κ3) is 3.42. The van der Waals surface area contributed by atoms with Crippen LogP contribution in [0.3, 0.4) is 0 Å². The lowest BCUT2D eigenvalue weighted by molar-refractivity contribution is -0.0500. The maximum absolute atomic E-state index is 9.32. The Morgan fingerprint density at radius 2 is 1.86 bits per heavy atom. The molecule has 4 rings (SSSR count). The molecular formula is C27H46O. The molecular weight excluding hydrogens is 340 g/mol. The molecule has 3 fully saturated rings. The van der Waals surface area contributed by atoms with E-state index in [0.29, 0.717) is 23.4 Å². The summed E-state index contributed by atoms with van der Waals surface area (Å²) in [6.45, 7) is 10.4. The summed E-state index contributed by atoms with van der Waals surface area (Å²) in [7, 11) is 0. The van der Waals surface area contributed by atoms with Gasteiger partial charge in [-0.2, -0.15) is 0 Å². The van der Waals surface area contributed by atoms with Gasteiger partial charge in [-0.05, 0) is 104 Å². The summed E-state index contributed by atoms with van der Waals surface area (Å²) in [6, 6.07) is 0. The quantitative estimate of drug-likeness (QED) is 0.472. The van der Waals surface area contributed by atoms with E-state index in [1.165, 1.54) is 77.0 Å². The Morgan fingerprint density at radius 1 is 1.04 bits per heavy atom. The topological polar surface area (TPSA) is 20.2 Å². The van der Waals surface area contributed by atoms with E-state index in [1.54, 1.807) is 0 Å². The zero-order valence-corrected chi connectivity index (χ0v) is 19.2. The van der Waals surface area contributed by atoms with E-state index in [1.807, 2.05) is 5.57 Å². The largest absolute Gasteiger partial charge is 0.396 e. The molecule has 0 aromatic rings. The van der Waals surface area contributed by atoms with Crippen LogP contribution in [0.2, 0.25) is 0 Å². The third-order valence-corrected chi connectivity index (χ3v) is 10.4. The van der Waals surface area contributed by atoms with Gasteiger partial charge in [-0.3, -0.25) is 0 Å². The van der Waals surface area contributed by atoms with Crippen LogP contribution >= 0.6 is 0 Å². The normalized spacial score (nSPS) is 44.8. The molecule has 0 saturated heterocycles. The fraction of sp³-hybridized carbons (Fsp3) is 0.926. The van der Waals surface area contributed by atoms with Gasteiger partial charge in [0.25, 0.3) is 0 Å². The van der Waals surface area contributed by atoms with E-state index in [2.05, 4.69) is 33.8 Å². The highest BCUT2D eigenvalue weighted by Gasteiger charge is 2.58. The molecule has 8 atom stereocenters. The second kappa shape index (κ2) is 8.09. The van der Waals surface area contributed by atoms with E-state index in [0.717, 1.165) is 29.6 Å². The Balaban J connectivity index is 1.45. The molecule has 160 valence electrons. The average Bonchev–Trinajstić information content (AvgIpc) is 3.04. The smallest absolute Gasteiger partial charge is 0.0456 e. The lowest BCUT2D eigenvalue weighted by Gasteiger charge is -2.58. The molecule has 1 heteroatoms. The molecule has 0 amide bonds. The fourth-order valence-corrected chi connectivity index (χ4v) is 8.75.